The first-order valence-corrected chi connectivity index (χ1v) is 6.23. The Hall–Kier alpha value is -3.62. The maximum atomic E-state index is 12.0. The average molecular weight is 314 g/mol. The van der Waals surface area contributed by atoms with Crippen LogP contribution < -0.4 is 11.3 Å². The number of benzene rings is 2. The third-order valence-electron chi connectivity index (χ3n) is 3.35. The van der Waals surface area contributed by atoms with E-state index in [1.807, 2.05) is 0 Å². The fourth-order valence-electron chi connectivity index (χ4n) is 2.44. The largest absolute Gasteiger partial charge is 0.386 e. The lowest BCUT2D eigenvalue weighted by molar-refractivity contribution is -0.384. The minimum atomic E-state index is -1.10. The Morgan fingerprint density at radius 2 is 1.13 bits per heavy atom. The smallest absolute Gasteiger partial charge is 0.346 e. The van der Waals surface area contributed by atoms with Gasteiger partial charge in [-0.3, -0.25) is 20.2 Å². The van der Waals surface area contributed by atoms with Crippen molar-refractivity contribution in [1.29, 1.82) is 0 Å². The van der Waals surface area contributed by atoms with E-state index in [-0.39, 0.29) is 21.5 Å². The van der Waals surface area contributed by atoms with Crippen molar-refractivity contribution in [3.8, 4) is 0 Å². The number of hydrogen-bond donors (Lipinski definition) is 0. The predicted octanol–water partition coefficient (Wildman–Crippen LogP) is 2.12. The molecule has 0 unspecified atom stereocenters. The average Bonchev–Trinajstić information content (AvgIpc) is 2.62. The molecule has 9 heteroatoms. The van der Waals surface area contributed by atoms with E-state index in [0.717, 1.165) is 12.1 Å². The first-order chi connectivity index (χ1) is 10.9. The van der Waals surface area contributed by atoms with Crippen molar-refractivity contribution in [1.82, 2.24) is 0 Å². The van der Waals surface area contributed by atoms with Gasteiger partial charge in [0, 0.05) is 12.1 Å². The molecule has 0 atom stereocenters. The molecule has 0 N–H and O–H groups in total. The number of hydrogen-bond acceptors (Lipinski definition) is 7. The Morgan fingerprint density at radius 1 is 0.739 bits per heavy atom. The highest BCUT2D eigenvalue weighted by Crippen LogP contribution is 2.34. The molecule has 2 aromatic carbocycles. The highest BCUT2D eigenvalue weighted by Gasteiger charge is 2.23. The molecular weight excluding hydrogens is 308 g/mol. The van der Waals surface area contributed by atoms with E-state index in [1.54, 1.807) is 0 Å². The van der Waals surface area contributed by atoms with Gasteiger partial charge in [0.15, 0.2) is 0 Å². The summed E-state index contributed by atoms with van der Waals surface area (Å²) in [6.07, 6.45) is 0. The van der Waals surface area contributed by atoms with Crippen molar-refractivity contribution in [2.75, 3.05) is 0 Å². The van der Waals surface area contributed by atoms with Gasteiger partial charge in [-0.25, -0.2) is 9.59 Å². The van der Waals surface area contributed by atoms with E-state index in [2.05, 4.69) is 4.42 Å². The number of fused-ring (bicyclic) bond motifs is 3. The first kappa shape index (κ1) is 14.3. The van der Waals surface area contributed by atoms with Gasteiger partial charge in [-0.05, 0) is 12.1 Å². The van der Waals surface area contributed by atoms with Crippen LogP contribution in [-0.2, 0) is 0 Å². The summed E-state index contributed by atoms with van der Waals surface area (Å²) in [7, 11) is 0. The number of nitrogens with zero attached hydrogens (tertiary/aromatic N) is 2. The van der Waals surface area contributed by atoms with Crippen LogP contribution in [0, 0.1) is 20.2 Å². The van der Waals surface area contributed by atoms with Crippen LogP contribution in [0.4, 0.5) is 11.4 Å². The molecule has 0 amide bonds. The van der Waals surface area contributed by atoms with Gasteiger partial charge in [0.2, 0.25) is 0 Å². The van der Waals surface area contributed by atoms with Gasteiger partial charge in [-0.15, -0.1) is 0 Å². The summed E-state index contributed by atoms with van der Waals surface area (Å²) in [5, 5.41) is 21.4. The molecule has 0 aliphatic rings. The molecule has 114 valence electrons. The van der Waals surface area contributed by atoms with Crippen LogP contribution in [0.25, 0.3) is 21.5 Å². The van der Waals surface area contributed by atoms with Crippen molar-refractivity contribution in [3.05, 3.63) is 77.5 Å². The van der Waals surface area contributed by atoms with Gasteiger partial charge < -0.3 is 4.42 Å². The minimum Gasteiger partial charge on any atom is -0.386 e. The van der Waals surface area contributed by atoms with Gasteiger partial charge in [-0.1, -0.05) is 12.1 Å². The minimum absolute atomic E-state index is 0.277. The SMILES string of the molecule is O=c1oc(=O)c2cccc([N+](=O)[O-])c2c2c([N+](=O)[O-])cccc12. The molecule has 3 rings (SSSR count). The third kappa shape index (κ3) is 2.11. The number of nitro groups is 2. The van der Waals surface area contributed by atoms with E-state index < -0.39 is 32.5 Å². The molecule has 1 heterocycles. The van der Waals surface area contributed by atoms with E-state index in [9.17, 15) is 29.8 Å². The molecule has 9 nitrogen and oxygen atoms in total. The van der Waals surface area contributed by atoms with Gasteiger partial charge in [-0.2, -0.15) is 0 Å². The van der Waals surface area contributed by atoms with Crippen LogP contribution >= 0.6 is 0 Å². The standard InChI is InChI=1S/C14H6N2O7/c17-13-7-3-1-5-9(15(19)20)11(7)12-8(14(18)23-13)4-2-6-10(12)16(21)22/h1-6H. The van der Waals surface area contributed by atoms with E-state index in [4.69, 9.17) is 0 Å². The molecule has 1 aromatic heterocycles. The zero-order valence-electron chi connectivity index (χ0n) is 11.2. The lowest BCUT2D eigenvalue weighted by Gasteiger charge is -1.99. The fraction of sp³-hybridized carbons (Fsp3) is 0. The molecule has 0 saturated heterocycles. The van der Waals surface area contributed by atoms with E-state index in [1.165, 1.54) is 24.3 Å². The summed E-state index contributed by atoms with van der Waals surface area (Å²) in [5.74, 6) is 0. The summed E-state index contributed by atoms with van der Waals surface area (Å²) < 4.78 is 4.61. The van der Waals surface area contributed by atoms with Crippen molar-refractivity contribution >= 4 is 32.9 Å². The Balaban J connectivity index is 2.86. The topological polar surface area (TPSA) is 134 Å². The second kappa shape index (κ2) is 4.98. The number of rotatable bonds is 2. The monoisotopic (exact) mass is 314 g/mol. The Morgan fingerprint density at radius 3 is 1.48 bits per heavy atom. The Kier molecular flexibility index (Phi) is 3.10. The lowest BCUT2D eigenvalue weighted by Crippen LogP contribution is -2.04. The summed E-state index contributed by atoms with van der Waals surface area (Å²) in [5.41, 5.74) is -3.24. The quantitative estimate of drug-likeness (QED) is 0.522. The molecule has 0 aliphatic carbocycles. The van der Waals surface area contributed by atoms with Gasteiger partial charge in [0.1, 0.15) is 0 Å². The second-order valence-electron chi connectivity index (χ2n) is 4.59. The highest BCUT2D eigenvalue weighted by atomic mass is 16.6. The van der Waals surface area contributed by atoms with Crippen LogP contribution in [0.15, 0.2) is 50.4 Å². The molecule has 0 radical (unpaired) electrons. The summed E-state index contributed by atoms with van der Waals surface area (Å²) >= 11 is 0. The van der Waals surface area contributed by atoms with Crippen LogP contribution in [0.5, 0.6) is 0 Å². The van der Waals surface area contributed by atoms with Gasteiger partial charge in [0.05, 0.1) is 31.4 Å². The molecule has 0 spiro atoms. The van der Waals surface area contributed by atoms with Crippen LogP contribution in [0.2, 0.25) is 0 Å². The number of non-ortho nitro benzene ring substituents is 2. The zero-order chi connectivity index (χ0) is 16.7. The van der Waals surface area contributed by atoms with Gasteiger partial charge in [0.25, 0.3) is 11.4 Å². The second-order valence-corrected chi connectivity index (χ2v) is 4.59. The molecule has 0 aliphatic heterocycles. The van der Waals surface area contributed by atoms with E-state index in [0.29, 0.717) is 0 Å². The van der Waals surface area contributed by atoms with Crippen molar-refractivity contribution < 1.29 is 14.3 Å². The maximum Gasteiger partial charge on any atom is 0.346 e. The summed E-state index contributed by atoms with van der Waals surface area (Å²) in [6, 6.07) is 7.10. The normalized spacial score (nSPS) is 10.8. The fourth-order valence-corrected chi connectivity index (χ4v) is 2.44. The van der Waals surface area contributed by atoms with Gasteiger partial charge >= 0.3 is 11.3 Å². The van der Waals surface area contributed by atoms with E-state index >= 15 is 0 Å². The molecule has 0 saturated carbocycles. The Bertz CT molecular complexity index is 1030. The van der Waals surface area contributed by atoms with Crippen LogP contribution in [-0.4, -0.2) is 9.85 Å². The van der Waals surface area contributed by atoms with Crippen molar-refractivity contribution in [3.63, 3.8) is 0 Å². The molecular formula is C14H6N2O7. The van der Waals surface area contributed by atoms with Crippen molar-refractivity contribution in [2.45, 2.75) is 0 Å². The highest BCUT2D eigenvalue weighted by molar-refractivity contribution is 6.13. The first-order valence-electron chi connectivity index (χ1n) is 6.23. The third-order valence-corrected chi connectivity index (χ3v) is 3.35. The molecule has 0 fully saturated rings. The number of nitro benzene ring substituents is 2. The van der Waals surface area contributed by atoms with Crippen LogP contribution in [0.1, 0.15) is 0 Å². The Labute approximate surface area is 125 Å². The maximum absolute atomic E-state index is 12.0. The summed E-state index contributed by atoms with van der Waals surface area (Å²) in [6.45, 7) is 0. The lowest BCUT2D eigenvalue weighted by atomic mass is 10.0. The zero-order valence-corrected chi connectivity index (χ0v) is 11.2. The van der Waals surface area contributed by atoms with Crippen molar-refractivity contribution in [2.24, 2.45) is 0 Å². The summed E-state index contributed by atoms with van der Waals surface area (Å²) in [4.78, 5) is 45.0. The van der Waals surface area contributed by atoms with Crippen LogP contribution in [0.3, 0.4) is 0 Å². The predicted molar refractivity (Wildman–Crippen MR) is 79.6 cm³/mol. The molecule has 23 heavy (non-hydrogen) atoms. The molecule has 0 bridgehead atoms. The molecule has 3 aromatic rings.